The summed E-state index contributed by atoms with van der Waals surface area (Å²) < 4.78 is 1.57. The first-order valence-electron chi connectivity index (χ1n) is 6.39. The lowest BCUT2D eigenvalue weighted by atomic mass is 9.96. The van der Waals surface area contributed by atoms with Crippen molar-refractivity contribution in [2.75, 3.05) is 11.1 Å². The zero-order chi connectivity index (χ0) is 14.6. The molecule has 1 heterocycles. The number of aromatic nitrogens is 2. The van der Waals surface area contributed by atoms with E-state index in [1.165, 1.54) is 0 Å². The molecule has 0 aromatic carbocycles. The Morgan fingerprint density at radius 2 is 2.16 bits per heavy atom. The lowest BCUT2D eigenvalue weighted by Gasteiger charge is -2.16. The minimum Gasteiger partial charge on any atom is -0.383 e. The van der Waals surface area contributed by atoms with Gasteiger partial charge in [-0.3, -0.25) is 4.79 Å². The molecule has 6 nitrogen and oxygen atoms in total. The van der Waals surface area contributed by atoms with Crippen molar-refractivity contribution < 1.29 is 4.79 Å². The molecule has 0 radical (unpaired) electrons. The Bertz CT molecular complexity index is 504. The van der Waals surface area contributed by atoms with Gasteiger partial charge in [0, 0.05) is 12.0 Å². The van der Waals surface area contributed by atoms with Gasteiger partial charge in [0.25, 0.3) is 0 Å². The van der Waals surface area contributed by atoms with E-state index < -0.39 is 5.41 Å². The molecule has 0 bridgehead atoms. The molecule has 19 heavy (non-hydrogen) atoms. The molecular formula is C13H21N5O. The van der Waals surface area contributed by atoms with Crippen LogP contribution in [0.4, 0.5) is 11.6 Å². The van der Waals surface area contributed by atoms with E-state index in [1.54, 1.807) is 25.5 Å². The SMILES string of the molecule is CCCCn1nc(NC(=O)C(C)(C)C)c(C#N)c1N. The molecule has 3 N–H and O–H groups in total. The first kappa shape index (κ1) is 15.0. The highest BCUT2D eigenvalue weighted by Crippen LogP contribution is 2.23. The number of carbonyl (C=O) groups excluding carboxylic acids is 1. The number of aryl methyl sites for hydroxylation is 1. The second-order valence-electron chi connectivity index (χ2n) is 5.50. The Labute approximate surface area is 113 Å². The number of unbranched alkanes of at least 4 members (excludes halogenated alkanes) is 1. The average molecular weight is 263 g/mol. The number of carbonyl (C=O) groups is 1. The Morgan fingerprint density at radius 1 is 1.53 bits per heavy atom. The second-order valence-corrected chi connectivity index (χ2v) is 5.50. The van der Waals surface area contributed by atoms with E-state index in [9.17, 15) is 4.79 Å². The van der Waals surface area contributed by atoms with Crippen LogP contribution in [0.1, 0.15) is 46.1 Å². The van der Waals surface area contributed by atoms with E-state index in [4.69, 9.17) is 11.0 Å². The van der Waals surface area contributed by atoms with Crippen molar-refractivity contribution >= 4 is 17.5 Å². The highest BCUT2D eigenvalue weighted by Gasteiger charge is 2.24. The average Bonchev–Trinajstić information content (AvgIpc) is 2.61. The molecule has 1 aromatic rings. The summed E-state index contributed by atoms with van der Waals surface area (Å²) in [7, 11) is 0. The predicted molar refractivity (Wildman–Crippen MR) is 74.3 cm³/mol. The van der Waals surface area contributed by atoms with Gasteiger partial charge < -0.3 is 11.1 Å². The van der Waals surface area contributed by atoms with Crippen LogP contribution < -0.4 is 11.1 Å². The number of hydrogen-bond acceptors (Lipinski definition) is 4. The lowest BCUT2D eigenvalue weighted by molar-refractivity contribution is -0.123. The van der Waals surface area contributed by atoms with E-state index in [-0.39, 0.29) is 17.3 Å². The fraction of sp³-hybridized carbons (Fsp3) is 0.615. The van der Waals surface area contributed by atoms with Crippen LogP contribution in [0.3, 0.4) is 0 Å². The maximum absolute atomic E-state index is 11.9. The van der Waals surface area contributed by atoms with Gasteiger partial charge in [0.15, 0.2) is 5.82 Å². The standard InChI is InChI=1S/C13H21N5O/c1-5-6-7-18-10(15)9(8-14)11(17-18)16-12(19)13(2,3)4/h5-7,15H2,1-4H3,(H,16,17,19). The molecule has 1 rings (SSSR count). The van der Waals surface area contributed by atoms with Crippen LogP contribution in [0.2, 0.25) is 0 Å². The van der Waals surface area contributed by atoms with E-state index in [0.29, 0.717) is 12.4 Å². The molecule has 0 aliphatic heterocycles. The summed E-state index contributed by atoms with van der Waals surface area (Å²) >= 11 is 0. The number of nitrogens with one attached hydrogen (secondary N) is 1. The van der Waals surface area contributed by atoms with Gasteiger partial charge in [-0.25, -0.2) is 4.68 Å². The molecule has 0 aliphatic carbocycles. The number of nitrogen functional groups attached to an aromatic ring is 1. The molecule has 6 heteroatoms. The fourth-order valence-corrected chi connectivity index (χ4v) is 1.45. The number of hydrogen-bond donors (Lipinski definition) is 2. The van der Waals surface area contributed by atoms with Crippen molar-refractivity contribution in [1.82, 2.24) is 9.78 Å². The zero-order valence-corrected chi connectivity index (χ0v) is 11.9. The van der Waals surface area contributed by atoms with E-state index in [1.807, 2.05) is 6.07 Å². The predicted octanol–water partition coefficient (Wildman–Crippen LogP) is 2.12. The van der Waals surface area contributed by atoms with Gasteiger partial charge in [0.05, 0.1) is 0 Å². The van der Waals surface area contributed by atoms with Crippen LogP contribution in [-0.2, 0) is 11.3 Å². The minimum atomic E-state index is -0.547. The molecule has 104 valence electrons. The van der Waals surface area contributed by atoms with E-state index in [0.717, 1.165) is 12.8 Å². The Morgan fingerprint density at radius 3 is 2.63 bits per heavy atom. The van der Waals surface area contributed by atoms with Crippen molar-refractivity contribution in [3.8, 4) is 6.07 Å². The fourth-order valence-electron chi connectivity index (χ4n) is 1.45. The molecule has 0 saturated carbocycles. The van der Waals surface area contributed by atoms with E-state index >= 15 is 0 Å². The Balaban J connectivity index is 3.02. The number of rotatable bonds is 4. The molecule has 1 amide bonds. The first-order valence-corrected chi connectivity index (χ1v) is 6.39. The molecule has 0 atom stereocenters. The third-order valence-electron chi connectivity index (χ3n) is 2.74. The van der Waals surface area contributed by atoms with Gasteiger partial charge in [0.2, 0.25) is 5.91 Å². The van der Waals surface area contributed by atoms with Crippen molar-refractivity contribution in [1.29, 1.82) is 5.26 Å². The van der Waals surface area contributed by atoms with Gasteiger partial charge in [-0.15, -0.1) is 0 Å². The normalized spacial score (nSPS) is 11.1. The van der Waals surface area contributed by atoms with Gasteiger partial charge in [-0.1, -0.05) is 34.1 Å². The summed E-state index contributed by atoms with van der Waals surface area (Å²) in [6.45, 7) is 8.10. The topological polar surface area (TPSA) is 96.7 Å². The summed E-state index contributed by atoms with van der Waals surface area (Å²) in [5.41, 5.74) is 5.55. The molecule has 0 aliphatic rings. The molecular weight excluding hydrogens is 242 g/mol. The summed E-state index contributed by atoms with van der Waals surface area (Å²) in [6, 6.07) is 1.99. The van der Waals surface area contributed by atoms with Crippen molar-refractivity contribution in [3.63, 3.8) is 0 Å². The van der Waals surface area contributed by atoms with Gasteiger partial charge >= 0.3 is 0 Å². The summed E-state index contributed by atoms with van der Waals surface area (Å²) in [5.74, 6) is 0.361. The molecule has 0 unspecified atom stereocenters. The number of nitrogens with two attached hydrogens (primary N) is 1. The monoisotopic (exact) mass is 263 g/mol. The van der Waals surface area contributed by atoms with Gasteiger partial charge in [0.1, 0.15) is 17.5 Å². The summed E-state index contributed by atoms with van der Waals surface area (Å²) in [4.78, 5) is 11.9. The summed E-state index contributed by atoms with van der Waals surface area (Å²) in [6.07, 6.45) is 1.92. The van der Waals surface area contributed by atoms with E-state index in [2.05, 4.69) is 17.3 Å². The number of nitriles is 1. The highest BCUT2D eigenvalue weighted by molar-refractivity contribution is 5.95. The van der Waals surface area contributed by atoms with Crippen LogP contribution in [0.5, 0.6) is 0 Å². The minimum absolute atomic E-state index is 0.191. The Kier molecular flexibility index (Phi) is 4.54. The van der Waals surface area contributed by atoms with Crippen molar-refractivity contribution in [2.45, 2.75) is 47.1 Å². The molecule has 1 aromatic heterocycles. The van der Waals surface area contributed by atoms with Gasteiger partial charge in [-0.2, -0.15) is 10.4 Å². The third-order valence-corrected chi connectivity index (χ3v) is 2.74. The summed E-state index contributed by atoms with van der Waals surface area (Å²) in [5, 5.41) is 16.0. The van der Waals surface area contributed by atoms with Crippen LogP contribution in [0.25, 0.3) is 0 Å². The number of amides is 1. The molecule has 0 saturated heterocycles. The largest absolute Gasteiger partial charge is 0.383 e. The van der Waals surface area contributed by atoms with Crippen molar-refractivity contribution in [2.24, 2.45) is 5.41 Å². The number of nitrogens with zero attached hydrogens (tertiary/aromatic N) is 3. The molecule has 0 fully saturated rings. The van der Waals surface area contributed by atoms with Gasteiger partial charge in [-0.05, 0) is 6.42 Å². The maximum Gasteiger partial charge on any atom is 0.230 e. The lowest BCUT2D eigenvalue weighted by Crippen LogP contribution is -2.28. The van der Waals surface area contributed by atoms with Crippen LogP contribution in [-0.4, -0.2) is 15.7 Å². The third kappa shape index (κ3) is 3.47. The molecule has 0 spiro atoms. The smallest absolute Gasteiger partial charge is 0.230 e. The highest BCUT2D eigenvalue weighted by atomic mass is 16.2. The number of anilines is 2. The van der Waals surface area contributed by atoms with Crippen LogP contribution >= 0.6 is 0 Å². The maximum atomic E-state index is 11.9. The van der Waals surface area contributed by atoms with Crippen molar-refractivity contribution in [3.05, 3.63) is 5.56 Å². The zero-order valence-electron chi connectivity index (χ0n) is 11.9. The van der Waals surface area contributed by atoms with Crippen LogP contribution in [0, 0.1) is 16.7 Å². The quantitative estimate of drug-likeness (QED) is 0.869. The Hall–Kier alpha value is -2.03. The second kappa shape index (κ2) is 5.74. The first-order chi connectivity index (χ1) is 8.81. The van der Waals surface area contributed by atoms with Crippen LogP contribution in [0.15, 0.2) is 0 Å².